The maximum atomic E-state index is 10.8. The van der Waals surface area contributed by atoms with E-state index in [1.807, 2.05) is 36.4 Å². The van der Waals surface area contributed by atoms with Gasteiger partial charge in [0.1, 0.15) is 5.75 Å². The Labute approximate surface area is 106 Å². The molecule has 2 aromatic carbocycles. The molecule has 0 bridgehead atoms. The largest absolute Gasteiger partial charge is 0.483 e. The SMILES string of the molecule is NCCc1c(OCC(N)=O)ccc2ccccc12. The molecule has 0 saturated carbocycles. The van der Waals surface area contributed by atoms with E-state index in [2.05, 4.69) is 0 Å². The first-order chi connectivity index (χ1) is 8.72. The van der Waals surface area contributed by atoms with Crippen LogP contribution in [0.5, 0.6) is 5.75 Å². The Morgan fingerprint density at radius 2 is 1.94 bits per heavy atom. The molecule has 0 aliphatic rings. The molecule has 4 heteroatoms. The molecule has 2 aromatic rings. The number of rotatable bonds is 5. The highest BCUT2D eigenvalue weighted by atomic mass is 16.5. The van der Waals surface area contributed by atoms with Crippen molar-refractivity contribution in [3.8, 4) is 5.75 Å². The lowest BCUT2D eigenvalue weighted by atomic mass is 10.0. The Kier molecular flexibility index (Phi) is 3.79. The third-order valence-electron chi connectivity index (χ3n) is 2.76. The Hall–Kier alpha value is -2.07. The van der Waals surface area contributed by atoms with Gasteiger partial charge in [-0.2, -0.15) is 0 Å². The van der Waals surface area contributed by atoms with Crippen LogP contribution in [0.25, 0.3) is 10.8 Å². The van der Waals surface area contributed by atoms with Crippen molar-refractivity contribution < 1.29 is 9.53 Å². The molecule has 94 valence electrons. The normalized spacial score (nSPS) is 10.5. The topological polar surface area (TPSA) is 78.3 Å². The minimum Gasteiger partial charge on any atom is -0.483 e. The molecule has 0 atom stereocenters. The highest BCUT2D eigenvalue weighted by molar-refractivity contribution is 5.88. The summed E-state index contributed by atoms with van der Waals surface area (Å²) < 4.78 is 5.43. The third kappa shape index (κ3) is 2.60. The van der Waals surface area contributed by atoms with Crippen LogP contribution in [0.1, 0.15) is 5.56 Å². The molecule has 0 heterocycles. The third-order valence-corrected chi connectivity index (χ3v) is 2.76. The van der Waals surface area contributed by atoms with E-state index in [1.54, 1.807) is 0 Å². The van der Waals surface area contributed by atoms with Crippen LogP contribution in [0.15, 0.2) is 36.4 Å². The van der Waals surface area contributed by atoms with Gasteiger partial charge in [0.2, 0.25) is 0 Å². The molecule has 0 unspecified atom stereocenters. The van der Waals surface area contributed by atoms with Gasteiger partial charge in [0, 0.05) is 5.56 Å². The van der Waals surface area contributed by atoms with Crippen LogP contribution in [-0.2, 0) is 11.2 Å². The molecule has 0 aromatic heterocycles. The van der Waals surface area contributed by atoms with Crippen LogP contribution in [0, 0.1) is 0 Å². The fraction of sp³-hybridized carbons (Fsp3) is 0.214. The Balaban J connectivity index is 2.44. The van der Waals surface area contributed by atoms with Crippen molar-refractivity contribution in [2.75, 3.05) is 13.2 Å². The molecule has 0 aliphatic heterocycles. The van der Waals surface area contributed by atoms with Crippen LogP contribution in [-0.4, -0.2) is 19.1 Å². The number of primary amides is 1. The number of benzene rings is 2. The second kappa shape index (κ2) is 5.51. The molecular weight excluding hydrogens is 228 g/mol. The van der Waals surface area contributed by atoms with Crippen LogP contribution in [0.4, 0.5) is 0 Å². The van der Waals surface area contributed by atoms with Crippen molar-refractivity contribution in [2.45, 2.75) is 6.42 Å². The molecule has 0 radical (unpaired) electrons. The highest BCUT2D eigenvalue weighted by Crippen LogP contribution is 2.28. The van der Waals surface area contributed by atoms with Crippen LogP contribution >= 0.6 is 0 Å². The first-order valence-corrected chi connectivity index (χ1v) is 5.84. The second-order valence-corrected chi connectivity index (χ2v) is 4.06. The van der Waals surface area contributed by atoms with Crippen molar-refractivity contribution in [3.05, 3.63) is 42.0 Å². The molecular formula is C14H16N2O2. The average Bonchev–Trinajstić information content (AvgIpc) is 2.38. The quantitative estimate of drug-likeness (QED) is 0.829. The van der Waals surface area contributed by atoms with E-state index in [-0.39, 0.29) is 6.61 Å². The standard InChI is InChI=1S/C14H16N2O2/c15-8-7-12-11-4-2-1-3-10(11)5-6-13(12)18-9-14(16)17/h1-6H,7-9,15H2,(H2,16,17). The number of nitrogens with two attached hydrogens (primary N) is 2. The van der Waals surface area contributed by atoms with Gasteiger partial charge in [-0.3, -0.25) is 4.79 Å². The fourth-order valence-electron chi connectivity index (χ4n) is 2.00. The number of amides is 1. The first-order valence-electron chi connectivity index (χ1n) is 5.84. The number of fused-ring (bicyclic) bond motifs is 1. The van der Waals surface area contributed by atoms with Gasteiger partial charge in [-0.15, -0.1) is 0 Å². The maximum absolute atomic E-state index is 10.8. The van der Waals surface area contributed by atoms with Crippen molar-refractivity contribution in [2.24, 2.45) is 11.5 Å². The molecule has 2 rings (SSSR count). The minimum absolute atomic E-state index is 0.115. The lowest BCUT2D eigenvalue weighted by Gasteiger charge is -2.12. The highest BCUT2D eigenvalue weighted by Gasteiger charge is 2.08. The monoisotopic (exact) mass is 244 g/mol. The van der Waals surface area contributed by atoms with Gasteiger partial charge in [-0.1, -0.05) is 30.3 Å². The zero-order valence-corrected chi connectivity index (χ0v) is 10.1. The molecule has 0 aliphatic carbocycles. The van der Waals surface area contributed by atoms with E-state index in [1.165, 1.54) is 0 Å². The number of ether oxygens (including phenoxy) is 1. The molecule has 0 spiro atoms. The number of hydrogen-bond acceptors (Lipinski definition) is 3. The summed E-state index contributed by atoms with van der Waals surface area (Å²) >= 11 is 0. The minimum atomic E-state index is -0.484. The fourth-order valence-corrected chi connectivity index (χ4v) is 2.00. The maximum Gasteiger partial charge on any atom is 0.255 e. The summed E-state index contributed by atoms with van der Waals surface area (Å²) in [4.78, 5) is 10.8. The average molecular weight is 244 g/mol. The zero-order chi connectivity index (χ0) is 13.0. The number of carbonyl (C=O) groups excluding carboxylic acids is 1. The van der Waals surface area contributed by atoms with Gasteiger partial charge >= 0.3 is 0 Å². The Morgan fingerprint density at radius 3 is 2.67 bits per heavy atom. The van der Waals surface area contributed by atoms with E-state index in [9.17, 15) is 4.79 Å². The van der Waals surface area contributed by atoms with E-state index in [0.717, 1.165) is 16.3 Å². The summed E-state index contributed by atoms with van der Waals surface area (Å²) in [6.45, 7) is 0.414. The second-order valence-electron chi connectivity index (χ2n) is 4.06. The van der Waals surface area contributed by atoms with Gasteiger partial charge < -0.3 is 16.2 Å². The van der Waals surface area contributed by atoms with Crippen molar-refractivity contribution in [1.29, 1.82) is 0 Å². The molecule has 4 nitrogen and oxygen atoms in total. The molecule has 1 amide bonds. The number of carbonyl (C=O) groups is 1. The van der Waals surface area contributed by atoms with Crippen LogP contribution < -0.4 is 16.2 Å². The number of hydrogen-bond donors (Lipinski definition) is 2. The van der Waals surface area contributed by atoms with Gasteiger partial charge in [0.25, 0.3) is 5.91 Å². The molecule has 0 saturated heterocycles. The van der Waals surface area contributed by atoms with E-state index < -0.39 is 5.91 Å². The summed E-state index contributed by atoms with van der Waals surface area (Å²) in [5.41, 5.74) is 11.7. The van der Waals surface area contributed by atoms with Gasteiger partial charge in [0.15, 0.2) is 6.61 Å². The van der Waals surface area contributed by atoms with E-state index in [4.69, 9.17) is 16.2 Å². The van der Waals surface area contributed by atoms with Crippen molar-refractivity contribution in [1.82, 2.24) is 0 Å². The summed E-state index contributed by atoms with van der Waals surface area (Å²) in [6, 6.07) is 11.8. The van der Waals surface area contributed by atoms with E-state index in [0.29, 0.717) is 18.7 Å². The molecule has 4 N–H and O–H groups in total. The predicted molar refractivity (Wildman–Crippen MR) is 71.4 cm³/mol. The van der Waals surface area contributed by atoms with E-state index >= 15 is 0 Å². The lowest BCUT2D eigenvalue weighted by Crippen LogP contribution is -2.20. The summed E-state index contributed by atoms with van der Waals surface area (Å²) in [5.74, 6) is 0.194. The predicted octanol–water partition coefficient (Wildman–Crippen LogP) is 1.21. The zero-order valence-electron chi connectivity index (χ0n) is 10.1. The Morgan fingerprint density at radius 1 is 1.17 bits per heavy atom. The van der Waals surface area contributed by atoms with Crippen LogP contribution in [0.2, 0.25) is 0 Å². The molecule has 18 heavy (non-hydrogen) atoms. The summed E-state index contributed by atoms with van der Waals surface area (Å²) in [6.07, 6.45) is 0.704. The van der Waals surface area contributed by atoms with Gasteiger partial charge in [-0.05, 0) is 29.8 Å². The lowest BCUT2D eigenvalue weighted by molar-refractivity contribution is -0.119. The van der Waals surface area contributed by atoms with Crippen molar-refractivity contribution >= 4 is 16.7 Å². The van der Waals surface area contributed by atoms with Gasteiger partial charge in [-0.25, -0.2) is 0 Å². The summed E-state index contributed by atoms with van der Waals surface area (Å²) in [5, 5.41) is 2.23. The first kappa shape index (κ1) is 12.4. The van der Waals surface area contributed by atoms with Gasteiger partial charge in [0.05, 0.1) is 0 Å². The summed E-state index contributed by atoms with van der Waals surface area (Å²) in [7, 11) is 0. The smallest absolute Gasteiger partial charge is 0.255 e. The van der Waals surface area contributed by atoms with Crippen LogP contribution in [0.3, 0.4) is 0 Å². The molecule has 0 fully saturated rings. The van der Waals surface area contributed by atoms with Crippen molar-refractivity contribution in [3.63, 3.8) is 0 Å². The Bertz CT molecular complexity index is 567.